The van der Waals surface area contributed by atoms with Gasteiger partial charge < -0.3 is 37.2 Å². The maximum Gasteiger partial charge on any atom is 0.230 e. The molecule has 9 N–H and O–H groups in total. The van der Waals surface area contributed by atoms with Gasteiger partial charge in [0.2, 0.25) is 5.91 Å². The number of ketones is 2. The fourth-order valence-electron chi connectivity index (χ4n) is 9.81. The highest BCUT2D eigenvalue weighted by Crippen LogP contribution is 2.66. The molecule has 1 amide bonds. The molecular weight excluding hydrogens is 576 g/mol. The van der Waals surface area contributed by atoms with Crippen LogP contribution in [0, 0.1) is 34.5 Å². The van der Waals surface area contributed by atoms with Gasteiger partial charge >= 0.3 is 0 Å². The Kier molecular flexibility index (Phi) is 8.41. The third-order valence-corrected chi connectivity index (χ3v) is 11.6. The highest BCUT2D eigenvalue weighted by molar-refractivity contribution is 6.10. The van der Waals surface area contributed by atoms with Crippen molar-refractivity contribution in [3.8, 4) is 5.75 Å². The second-order valence-electron chi connectivity index (χ2n) is 15.3. The Balaban J connectivity index is 1.64. The Morgan fingerprint density at radius 3 is 2.24 bits per heavy atom. The number of amides is 1. The van der Waals surface area contributed by atoms with Gasteiger partial charge in [-0.05, 0) is 66.0 Å². The summed E-state index contributed by atoms with van der Waals surface area (Å²) in [5.74, 6) is -7.19. The lowest BCUT2D eigenvalue weighted by Crippen LogP contribution is -2.79. The minimum atomic E-state index is -2.55. The van der Waals surface area contributed by atoms with Crippen LogP contribution in [0.2, 0.25) is 0 Å². The Morgan fingerprint density at radius 2 is 1.69 bits per heavy atom. The number of hydrogen-bond donors (Lipinski definition) is 7. The number of rotatable bonds is 5. The maximum absolute atomic E-state index is 14.6. The van der Waals surface area contributed by atoms with Crippen LogP contribution in [0.25, 0.3) is 0 Å². The van der Waals surface area contributed by atoms with Gasteiger partial charge in [0, 0.05) is 5.41 Å². The number of benzene rings is 1. The number of phenolic OH excluding ortho intramolecular Hbond substituents is 1. The topological polar surface area (TPSA) is 209 Å². The van der Waals surface area contributed by atoms with Crippen molar-refractivity contribution in [3.05, 3.63) is 22.8 Å². The smallest absolute Gasteiger partial charge is 0.230 e. The van der Waals surface area contributed by atoms with Crippen LogP contribution in [-0.4, -0.2) is 67.7 Å². The van der Waals surface area contributed by atoms with Crippen LogP contribution in [0.4, 0.5) is 5.69 Å². The molecule has 2 unspecified atom stereocenters. The lowest BCUT2D eigenvalue weighted by Gasteiger charge is -2.66. The van der Waals surface area contributed by atoms with E-state index in [9.17, 15) is 34.8 Å². The molecule has 248 valence electrons. The third-order valence-electron chi connectivity index (χ3n) is 11.6. The highest BCUT2D eigenvalue weighted by atomic mass is 16.4. The van der Waals surface area contributed by atoms with Crippen molar-refractivity contribution >= 4 is 29.1 Å². The Hall–Kier alpha value is -3.02. The maximum atomic E-state index is 14.6. The van der Waals surface area contributed by atoms with Gasteiger partial charge in [0.25, 0.3) is 0 Å². The Morgan fingerprint density at radius 1 is 1.07 bits per heavy atom. The third kappa shape index (κ3) is 4.88. The number of aliphatic hydroxyl groups excluding tert-OH is 2. The number of nitrogens with two attached hydrogens (primary N) is 2. The van der Waals surface area contributed by atoms with Gasteiger partial charge in [-0.3, -0.25) is 14.4 Å². The number of phenols is 1. The van der Waals surface area contributed by atoms with Crippen LogP contribution in [0.15, 0.2) is 11.1 Å². The van der Waals surface area contributed by atoms with Crippen LogP contribution >= 0.6 is 0 Å². The number of aliphatic imine (C=N–C) groups is 1. The second kappa shape index (κ2) is 11.3. The summed E-state index contributed by atoms with van der Waals surface area (Å²) < 4.78 is 0. The lowest BCUT2D eigenvalue weighted by atomic mass is 9.39. The SMILES string of the molecule is CC(C)c1cc(NC(N)=NC2CCCCC2)c(O)c2c1C[C@]1(C)C[C@]3(C)[C@@H](C(C)C)C(O)[C@@H](C(N)=O)C(=O)[C@]3(O)C(O)[C@H]1C2=O. The average Bonchev–Trinajstić information content (AvgIpc) is 2.92. The average molecular weight is 627 g/mol. The first-order chi connectivity index (χ1) is 20.9. The van der Waals surface area contributed by atoms with E-state index in [0.717, 1.165) is 31.2 Å². The van der Waals surface area contributed by atoms with Gasteiger partial charge in [0.1, 0.15) is 17.8 Å². The van der Waals surface area contributed by atoms with Crippen molar-refractivity contribution in [1.29, 1.82) is 0 Å². The molecule has 3 fully saturated rings. The molecule has 11 nitrogen and oxygen atoms in total. The molecule has 1 aromatic carbocycles. The van der Waals surface area contributed by atoms with E-state index in [2.05, 4.69) is 10.3 Å². The number of carbonyl (C=O) groups is 3. The molecule has 0 heterocycles. The molecular formula is C34H50N4O7. The molecule has 0 bridgehead atoms. The van der Waals surface area contributed by atoms with Gasteiger partial charge in [-0.1, -0.05) is 60.8 Å². The molecule has 4 aliphatic rings. The molecule has 8 atom stereocenters. The number of aliphatic hydroxyl groups is 3. The standard InChI is InChI=1S/C34H50N4O7/c1-15(2)18-12-20(38-31(36)37-17-10-8-7-9-11-17)25(39)21-19(18)13-32(5)14-33(6)23(16(3)4)27(41)22(30(35)44)28(42)34(33,45)29(43)24(32)26(21)40/h12,15-17,22-24,27,29,39,41,43,45H,7-11,13-14H2,1-6H3,(H2,35,44)(H3,36,37,38)/t22-,23+,24-,27?,29?,32-,33-,34+/m1/s1. The minimum Gasteiger partial charge on any atom is -0.505 e. The van der Waals surface area contributed by atoms with Gasteiger partial charge in [0.15, 0.2) is 23.1 Å². The van der Waals surface area contributed by atoms with Crippen molar-refractivity contribution < 1.29 is 34.8 Å². The van der Waals surface area contributed by atoms with Gasteiger partial charge in [0.05, 0.1) is 29.3 Å². The fourth-order valence-corrected chi connectivity index (χ4v) is 9.81. The van der Waals surface area contributed by atoms with Crippen molar-refractivity contribution in [3.63, 3.8) is 0 Å². The molecule has 1 aromatic rings. The van der Waals surface area contributed by atoms with E-state index < -0.39 is 63.9 Å². The number of guanidine groups is 1. The summed E-state index contributed by atoms with van der Waals surface area (Å²) >= 11 is 0. The van der Waals surface area contributed by atoms with Crippen LogP contribution in [-0.2, 0) is 16.0 Å². The molecule has 0 aromatic heterocycles. The van der Waals surface area contributed by atoms with Gasteiger partial charge in [-0.15, -0.1) is 0 Å². The monoisotopic (exact) mass is 626 g/mol. The zero-order valence-electron chi connectivity index (χ0n) is 27.3. The summed E-state index contributed by atoms with van der Waals surface area (Å²) in [6, 6.07) is 1.87. The summed E-state index contributed by atoms with van der Waals surface area (Å²) in [4.78, 5) is 45.6. The first-order valence-corrected chi connectivity index (χ1v) is 16.4. The number of nitrogens with zero attached hydrogens (tertiary/aromatic N) is 1. The summed E-state index contributed by atoms with van der Waals surface area (Å²) in [5.41, 5.74) is 8.60. The molecule has 0 radical (unpaired) electrons. The van der Waals surface area contributed by atoms with Crippen LogP contribution < -0.4 is 16.8 Å². The van der Waals surface area contributed by atoms with Crippen LogP contribution in [0.3, 0.4) is 0 Å². The number of anilines is 1. The molecule has 5 rings (SSSR count). The van der Waals surface area contributed by atoms with E-state index >= 15 is 0 Å². The largest absolute Gasteiger partial charge is 0.505 e. The van der Waals surface area contributed by atoms with E-state index in [1.165, 1.54) is 6.42 Å². The Labute approximate surface area is 264 Å². The quantitative estimate of drug-likeness (QED) is 0.111. The summed E-state index contributed by atoms with van der Waals surface area (Å²) in [5, 5.41) is 50.3. The molecule has 4 aliphatic carbocycles. The number of hydrogen-bond acceptors (Lipinski definition) is 8. The van der Waals surface area contributed by atoms with E-state index in [-0.39, 0.29) is 53.7 Å². The Bertz CT molecular complexity index is 1440. The zero-order valence-corrected chi connectivity index (χ0v) is 27.3. The second-order valence-corrected chi connectivity index (χ2v) is 15.3. The number of primary amides is 1. The minimum absolute atomic E-state index is 0.0121. The number of fused-ring (bicyclic) bond motifs is 3. The van der Waals surface area contributed by atoms with Crippen molar-refractivity contribution in [2.24, 2.45) is 51.0 Å². The molecule has 3 saturated carbocycles. The normalized spacial score (nSPS) is 37.3. The summed E-state index contributed by atoms with van der Waals surface area (Å²) in [6.45, 7) is 11.1. The van der Waals surface area contributed by atoms with Gasteiger partial charge in [-0.2, -0.15) is 0 Å². The van der Waals surface area contributed by atoms with Crippen molar-refractivity contribution in [1.82, 2.24) is 0 Å². The molecule has 0 aliphatic heterocycles. The zero-order chi connectivity index (χ0) is 33.4. The lowest BCUT2D eigenvalue weighted by molar-refractivity contribution is -0.265. The molecule has 45 heavy (non-hydrogen) atoms. The van der Waals surface area contributed by atoms with Crippen molar-refractivity contribution in [2.75, 3.05) is 5.32 Å². The summed E-state index contributed by atoms with van der Waals surface area (Å²) in [7, 11) is 0. The van der Waals surface area contributed by atoms with Gasteiger partial charge in [-0.25, -0.2) is 4.99 Å². The first-order valence-electron chi connectivity index (χ1n) is 16.4. The first kappa shape index (κ1) is 33.3. The van der Waals surface area contributed by atoms with E-state index in [4.69, 9.17) is 11.5 Å². The highest BCUT2D eigenvalue weighted by Gasteiger charge is 2.76. The predicted molar refractivity (Wildman–Crippen MR) is 170 cm³/mol. The predicted octanol–water partition coefficient (Wildman–Crippen LogP) is 2.76. The molecule has 0 saturated heterocycles. The van der Waals surface area contributed by atoms with E-state index in [1.54, 1.807) is 13.0 Å². The number of nitrogens with one attached hydrogen (secondary N) is 1. The number of aromatic hydroxyl groups is 1. The number of Topliss-reactive ketones (excluding diaryl/α,β-unsaturated/α-hetero) is 2. The van der Waals surface area contributed by atoms with E-state index in [1.807, 2.05) is 34.6 Å². The fraction of sp³-hybridized carbons (Fsp3) is 0.706. The van der Waals surface area contributed by atoms with E-state index in [0.29, 0.717) is 5.56 Å². The van der Waals surface area contributed by atoms with Crippen LogP contribution in [0.5, 0.6) is 5.75 Å². The summed E-state index contributed by atoms with van der Waals surface area (Å²) in [6.07, 6.45) is 2.14. The number of carbonyl (C=O) groups excluding carboxylic acids is 3. The molecule has 0 spiro atoms. The molecule has 11 heteroatoms. The van der Waals surface area contributed by atoms with Crippen LogP contribution in [0.1, 0.15) is 107 Å². The van der Waals surface area contributed by atoms with Crippen molar-refractivity contribution in [2.45, 2.75) is 116 Å².